The number of benzene rings is 1. The van der Waals surface area contributed by atoms with Gasteiger partial charge in [-0.3, -0.25) is 9.78 Å². The zero-order valence-corrected chi connectivity index (χ0v) is 17.7. The van der Waals surface area contributed by atoms with E-state index in [1.54, 1.807) is 0 Å². The minimum Gasteiger partial charge on any atom is -0.452 e. The van der Waals surface area contributed by atoms with Gasteiger partial charge in [0.05, 0.1) is 16.6 Å². The van der Waals surface area contributed by atoms with Crippen molar-refractivity contribution < 1.29 is 14.3 Å². The van der Waals surface area contributed by atoms with Crippen molar-refractivity contribution in [1.29, 1.82) is 5.26 Å². The van der Waals surface area contributed by atoms with Crippen molar-refractivity contribution in [2.24, 2.45) is 0 Å². The molecule has 1 N–H and O–H groups in total. The van der Waals surface area contributed by atoms with Gasteiger partial charge in [-0.05, 0) is 49.8 Å². The first-order valence-corrected chi connectivity index (χ1v) is 10.7. The predicted molar refractivity (Wildman–Crippen MR) is 116 cm³/mol. The quantitative estimate of drug-likeness (QED) is 0.622. The van der Waals surface area contributed by atoms with Crippen LogP contribution in [0.15, 0.2) is 24.3 Å². The number of anilines is 1. The van der Waals surface area contributed by atoms with Gasteiger partial charge in [0.2, 0.25) is 0 Å². The second kappa shape index (κ2) is 8.25. The lowest BCUT2D eigenvalue weighted by atomic mass is 10.0. The predicted octanol–water partition coefficient (Wildman–Crippen LogP) is 4.32. The van der Waals surface area contributed by atoms with E-state index in [1.165, 1.54) is 11.3 Å². The molecule has 1 amide bonds. The van der Waals surface area contributed by atoms with Crippen molar-refractivity contribution in [3.05, 3.63) is 57.1 Å². The Morgan fingerprint density at radius 2 is 2.10 bits per heavy atom. The number of carbonyl (C=O) groups is 2. The van der Waals surface area contributed by atoms with Crippen LogP contribution in [0.1, 0.15) is 51.0 Å². The lowest BCUT2D eigenvalue weighted by Gasteiger charge is -2.13. The van der Waals surface area contributed by atoms with Crippen LogP contribution in [0.25, 0.3) is 10.9 Å². The zero-order valence-electron chi connectivity index (χ0n) is 16.9. The summed E-state index contributed by atoms with van der Waals surface area (Å²) in [5, 5.41) is 13.4. The average Bonchev–Trinajstić information content (AvgIpc) is 3.32. The number of amides is 1. The fourth-order valence-corrected chi connectivity index (χ4v) is 5.20. The third-order valence-electron chi connectivity index (χ3n) is 5.40. The molecule has 3 aromatic rings. The minimum absolute atomic E-state index is 0.413. The van der Waals surface area contributed by atoms with E-state index < -0.39 is 18.5 Å². The Balaban J connectivity index is 1.51. The second-order valence-corrected chi connectivity index (χ2v) is 8.33. The number of hydrogen-bond donors (Lipinski definition) is 1. The molecule has 0 aliphatic heterocycles. The largest absolute Gasteiger partial charge is 0.452 e. The number of pyridine rings is 1. The summed E-state index contributed by atoms with van der Waals surface area (Å²) in [5.41, 5.74) is 4.35. The molecule has 0 spiro atoms. The van der Waals surface area contributed by atoms with Gasteiger partial charge in [0.25, 0.3) is 5.91 Å². The Kier molecular flexibility index (Phi) is 5.51. The number of thiophene rings is 1. The Morgan fingerprint density at radius 1 is 1.30 bits per heavy atom. The summed E-state index contributed by atoms with van der Waals surface area (Å²) < 4.78 is 5.34. The van der Waals surface area contributed by atoms with E-state index in [2.05, 4.69) is 16.4 Å². The highest BCUT2D eigenvalue weighted by molar-refractivity contribution is 7.16. The molecule has 0 bridgehead atoms. The highest BCUT2D eigenvalue weighted by atomic mass is 32.1. The number of hydrogen-bond acceptors (Lipinski definition) is 6. The topological polar surface area (TPSA) is 92.1 Å². The summed E-state index contributed by atoms with van der Waals surface area (Å²) in [6.45, 7) is 3.42. The maximum atomic E-state index is 12.9. The van der Waals surface area contributed by atoms with Crippen molar-refractivity contribution in [2.75, 3.05) is 11.9 Å². The molecule has 30 heavy (non-hydrogen) atoms. The van der Waals surface area contributed by atoms with Crippen LogP contribution in [0.5, 0.6) is 0 Å². The molecule has 152 valence electrons. The van der Waals surface area contributed by atoms with E-state index in [-0.39, 0.29) is 0 Å². The molecular formula is C23H21N3O3S. The highest BCUT2D eigenvalue weighted by Gasteiger charge is 2.24. The van der Waals surface area contributed by atoms with Crippen LogP contribution in [0.3, 0.4) is 0 Å². The zero-order chi connectivity index (χ0) is 21.3. The molecule has 0 unspecified atom stereocenters. The van der Waals surface area contributed by atoms with Gasteiger partial charge in [-0.25, -0.2) is 4.79 Å². The molecule has 1 aliphatic rings. The van der Waals surface area contributed by atoms with Crippen LogP contribution in [0.4, 0.5) is 5.00 Å². The molecule has 2 heterocycles. The number of aromatic nitrogens is 1. The first-order valence-electron chi connectivity index (χ1n) is 9.93. The first-order chi connectivity index (χ1) is 14.5. The average molecular weight is 420 g/mol. The fraction of sp³-hybridized carbons (Fsp3) is 0.304. The van der Waals surface area contributed by atoms with Crippen LogP contribution < -0.4 is 5.32 Å². The Bertz CT molecular complexity index is 1210. The van der Waals surface area contributed by atoms with Crippen LogP contribution in [0, 0.1) is 18.3 Å². The standard InChI is InChI=1S/C23H21N3O3S/c1-3-17-13(2)21(15-7-4-5-9-18(15)25-17)23(28)29-12-20(27)26-22-16(11-24)14-8-6-10-19(14)30-22/h4-5,7,9H,3,6,8,10,12H2,1-2H3,(H,26,27). The van der Waals surface area contributed by atoms with Crippen LogP contribution in [-0.4, -0.2) is 23.5 Å². The number of nitrogens with zero attached hydrogens (tertiary/aromatic N) is 2. The Hall–Kier alpha value is -3.24. The summed E-state index contributed by atoms with van der Waals surface area (Å²) in [5.74, 6) is -1.00. The number of fused-ring (bicyclic) bond motifs is 2. The van der Waals surface area contributed by atoms with E-state index >= 15 is 0 Å². The van der Waals surface area contributed by atoms with Gasteiger partial charge in [-0.1, -0.05) is 25.1 Å². The second-order valence-electron chi connectivity index (χ2n) is 7.23. The lowest BCUT2D eigenvalue weighted by molar-refractivity contribution is -0.119. The Morgan fingerprint density at radius 3 is 2.87 bits per heavy atom. The van der Waals surface area contributed by atoms with E-state index in [1.807, 2.05) is 38.1 Å². The van der Waals surface area contributed by atoms with Crippen LogP contribution in [-0.2, 0) is 28.8 Å². The smallest absolute Gasteiger partial charge is 0.339 e. The molecule has 7 heteroatoms. The molecule has 0 saturated carbocycles. The van der Waals surface area contributed by atoms with Crippen molar-refractivity contribution in [2.45, 2.75) is 39.5 Å². The summed E-state index contributed by atoms with van der Waals surface area (Å²) in [6.07, 6.45) is 3.54. The van der Waals surface area contributed by atoms with Gasteiger partial charge in [-0.2, -0.15) is 5.26 Å². The fourth-order valence-electron chi connectivity index (χ4n) is 3.94. The highest BCUT2D eigenvalue weighted by Crippen LogP contribution is 2.38. The number of nitrogens with one attached hydrogen (secondary N) is 1. The van der Waals surface area contributed by atoms with Gasteiger partial charge < -0.3 is 10.1 Å². The molecule has 0 saturated heterocycles. The number of nitriles is 1. The molecule has 0 fully saturated rings. The maximum absolute atomic E-state index is 12.9. The third kappa shape index (κ3) is 3.55. The molecule has 0 atom stereocenters. The number of aryl methyl sites for hydroxylation is 2. The SMILES string of the molecule is CCc1nc2ccccc2c(C(=O)OCC(=O)Nc2sc3c(c2C#N)CCC3)c1C. The molecule has 6 nitrogen and oxygen atoms in total. The van der Waals surface area contributed by atoms with Crippen LogP contribution >= 0.6 is 11.3 Å². The summed E-state index contributed by atoms with van der Waals surface area (Å²) in [6, 6.07) is 9.60. The van der Waals surface area contributed by atoms with E-state index in [0.29, 0.717) is 27.9 Å². The van der Waals surface area contributed by atoms with Gasteiger partial charge >= 0.3 is 5.97 Å². The number of esters is 1. The van der Waals surface area contributed by atoms with E-state index in [4.69, 9.17) is 4.74 Å². The Labute approximate surface area is 178 Å². The van der Waals surface area contributed by atoms with Crippen molar-refractivity contribution in [3.8, 4) is 6.07 Å². The van der Waals surface area contributed by atoms with Crippen molar-refractivity contribution >= 4 is 39.1 Å². The number of rotatable bonds is 5. The number of ether oxygens (including phenoxy) is 1. The van der Waals surface area contributed by atoms with Crippen LogP contribution in [0.2, 0.25) is 0 Å². The molecular weight excluding hydrogens is 398 g/mol. The maximum Gasteiger partial charge on any atom is 0.339 e. The summed E-state index contributed by atoms with van der Waals surface area (Å²) >= 11 is 1.44. The lowest BCUT2D eigenvalue weighted by Crippen LogP contribution is -2.21. The number of para-hydroxylation sites is 1. The summed E-state index contributed by atoms with van der Waals surface area (Å²) in [7, 11) is 0. The van der Waals surface area contributed by atoms with Gasteiger partial charge in [0, 0.05) is 16.0 Å². The molecule has 1 aliphatic carbocycles. The molecule has 2 aromatic heterocycles. The van der Waals surface area contributed by atoms with Gasteiger partial charge in [0.15, 0.2) is 6.61 Å². The number of carbonyl (C=O) groups excluding carboxylic acids is 2. The summed E-state index contributed by atoms with van der Waals surface area (Å²) in [4.78, 5) is 31.0. The minimum atomic E-state index is -0.551. The first kappa shape index (κ1) is 20.0. The monoisotopic (exact) mass is 419 g/mol. The molecule has 1 aromatic carbocycles. The molecule has 4 rings (SSSR count). The molecule has 0 radical (unpaired) electrons. The van der Waals surface area contributed by atoms with Crippen molar-refractivity contribution in [1.82, 2.24) is 4.98 Å². The van der Waals surface area contributed by atoms with Crippen molar-refractivity contribution in [3.63, 3.8) is 0 Å². The van der Waals surface area contributed by atoms with E-state index in [0.717, 1.165) is 46.5 Å². The van der Waals surface area contributed by atoms with Gasteiger partial charge in [0.1, 0.15) is 11.1 Å². The normalized spacial score (nSPS) is 12.4. The van der Waals surface area contributed by atoms with E-state index in [9.17, 15) is 14.9 Å². The third-order valence-corrected chi connectivity index (χ3v) is 6.60. The van der Waals surface area contributed by atoms with Gasteiger partial charge in [-0.15, -0.1) is 11.3 Å².